The third-order valence-corrected chi connectivity index (χ3v) is 4.02. The van der Waals surface area contributed by atoms with E-state index >= 15 is 0 Å². The number of benzene rings is 1. The van der Waals surface area contributed by atoms with Gasteiger partial charge in [-0.05, 0) is 30.5 Å². The average molecular weight is 285 g/mol. The molecule has 0 radical (unpaired) electrons. The second-order valence-electron chi connectivity index (χ2n) is 5.72. The Bertz CT molecular complexity index is 621. The molecule has 2 unspecified atom stereocenters. The van der Waals surface area contributed by atoms with E-state index < -0.39 is 0 Å². The zero-order valence-electron chi connectivity index (χ0n) is 12.0. The molecule has 1 amide bonds. The first kappa shape index (κ1) is 13.7. The fourth-order valence-corrected chi connectivity index (χ4v) is 2.55. The summed E-state index contributed by atoms with van der Waals surface area (Å²) in [7, 11) is 0. The lowest BCUT2D eigenvalue weighted by Crippen LogP contribution is -2.31. The molecule has 4 nitrogen and oxygen atoms in total. The van der Waals surface area contributed by atoms with E-state index in [0.717, 1.165) is 17.7 Å². The van der Waals surface area contributed by atoms with Gasteiger partial charge in [-0.25, -0.2) is 0 Å². The highest BCUT2D eigenvalue weighted by Gasteiger charge is 2.41. The van der Waals surface area contributed by atoms with Crippen molar-refractivity contribution in [3.63, 3.8) is 0 Å². The molecule has 1 N–H and O–H groups in total. The van der Waals surface area contributed by atoms with Crippen molar-refractivity contribution in [1.29, 1.82) is 0 Å². The van der Waals surface area contributed by atoms with E-state index in [1.165, 1.54) is 0 Å². The van der Waals surface area contributed by atoms with Gasteiger partial charge < -0.3 is 14.4 Å². The summed E-state index contributed by atoms with van der Waals surface area (Å²) in [5.74, 6) is 1.69. The number of hydrogen-bond acceptors (Lipinski definition) is 3. The Balaban J connectivity index is 1.78. The summed E-state index contributed by atoms with van der Waals surface area (Å²) < 4.78 is 5.35. The first-order chi connectivity index (χ1) is 10.1. The van der Waals surface area contributed by atoms with Gasteiger partial charge in [0.2, 0.25) is 5.91 Å². The van der Waals surface area contributed by atoms with Crippen LogP contribution in [0.1, 0.15) is 24.7 Å². The fourth-order valence-electron chi connectivity index (χ4n) is 2.55. The molecule has 1 aromatic heterocycles. The summed E-state index contributed by atoms with van der Waals surface area (Å²) in [5, 5.41) is 9.91. The lowest BCUT2D eigenvalue weighted by Gasteiger charge is -2.22. The van der Waals surface area contributed by atoms with Crippen molar-refractivity contribution in [1.82, 2.24) is 4.90 Å². The minimum absolute atomic E-state index is 0.116. The number of nitrogens with zero attached hydrogens (tertiary/aromatic N) is 1. The number of rotatable bonds is 5. The van der Waals surface area contributed by atoms with Crippen molar-refractivity contribution in [2.24, 2.45) is 11.8 Å². The third kappa shape index (κ3) is 3.10. The molecule has 0 aliphatic heterocycles. The summed E-state index contributed by atoms with van der Waals surface area (Å²) in [6.07, 6.45) is 2.56. The molecule has 0 spiro atoms. The summed E-state index contributed by atoms with van der Waals surface area (Å²) in [4.78, 5) is 14.3. The number of phenolic OH excluding ortho intramolecular Hbond substituents is 1. The largest absolute Gasteiger partial charge is 0.508 e. The molecule has 1 aromatic carbocycles. The van der Waals surface area contributed by atoms with Gasteiger partial charge in [0, 0.05) is 18.0 Å². The Labute approximate surface area is 124 Å². The van der Waals surface area contributed by atoms with Crippen LogP contribution in [0.3, 0.4) is 0 Å². The van der Waals surface area contributed by atoms with Crippen LogP contribution >= 0.6 is 0 Å². The summed E-state index contributed by atoms with van der Waals surface area (Å²) in [6.45, 7) is 2.92. The topological polar surface area (TPSA) is 53.7 Å². The molecule has 21 heavy (non-hydrogen) atoms. The van der Waals surface area contributed by atoms with Crippen LogP contribution in [-0.2, 0) is 17.9 Å². The quantitative estimate of drug-likeness (QED) is 0.918. The molecule has 1 heterocycles. The average Bonchev–Trinajstić information content (AvgIpc) is 2.99. The Morgan fingerprint density at radius 3 is 2.67 bits per heavy atom. The Kier molecular flexibility index (Phi) is 3.69. The lowest BCUT2D eigenvalue weighted by molar-refractivity contribution is -0.134. The first-order valence-corrected chi connectivity index (χ1v) is 7.23. The van der Waals surface area contributed by atoms with Crippen LogP contribution in [0.25, 0.3) is 0 Å². The Morgan fingerprint density at radius 2 is 2.05 bits per heavy atom. The summed E-state index contributed by atoms with van der Waals surface area (Å²) in [6, 6.07) is 10.8. The van der Waals surface area contributed by atoms with Gasteiger partial charge in [-0.1, -0.05) is 25.1 Å². The first-order valence-electron chi connectivity index (χ1n) is 7.23. The maximum Gasteiger partial charge on any atom is 0.226 e. The molecule has 1 saturated carbocycles. The molecule has 0 saturated heterocycles. The molecule has 3 rings (SSSR count). The predicted molar refractivity (Wildman–Crippen MR) is 78.3 cm³/mol. The van der Waals surface area contributed by atoms with Gasteiger partial charge in [0.25, 0.3) is 0 Å². The molecule has 110 valence electrons. The fraction of sp³-hybridized carbons (Fsp3) is 0.353. The second kappa shape index (κ2) is 5.64. The molecule has 2 atom stereocenters. The number of amides is 1. The van der Waals surface area contributed by atoms with Gasteiger partial charge in [0.1, 0.15) is 11.5 Å². The van der Waals surface area contributed by atoms with Gasteiger partial charge in [-0.2, -0.15) is 0 Å². The van der Waals surface area contributed by atoms with Crippen molar-refractivity contribution in [2.45, 2.75) is 26.4 Å². The smallest absolute Gasteiger partial charge is 0.226 e. The van der Waals surface area contributed by atoms with Crippen molar-refractivity contribution < 1.29 is 14.3 Å². The number of hydrogen-bond donors (Lipinski definition) is 1. The van der Waals surface area contributed by atoms with Crippen LogP contribution in [-0.4, -0.2) is 15.9 Å². The van der Waals surface area contributed by atoms with E-state index in [1.807, 2.05) is 24.3 Å². The van der Waals surface area contributed by atoms with Crippen molar-refractivity contribution >= 4 is 5.91 Å². The summed E-state index contributed by atoms with van der Waals surface area (Å²) in [5.41, 5.74) is 0.755. The number of carbonyl (C=O) groups is 1. The number of furan rings is 1. The highest BCUT2D eigenvalue weighted by atomic mass is 16.3. The van der Waals surface area contributed by atoms with Gasteiger partial charge in [-0.15, -0.1) is 0 Å². The predicted octanol–water partition coefficient (Wildman–Crippen LogP) is 3.17. The zero-order valence-corrected chi connectivity index (χ0v) is 12.0. The minimum atomic E-state index is 0.116. The molecule has 2 aromatic rings. The number of para-hydroxylation sites is 1. The van der Waals surface area contributed by atoms with Crippen LogP contribution in [0, 0.1) is 11.8 Å². The standard InChI is InChI=1S/C17H19NO3/c1-12-9-15(12)17(20)18(11-14-6-4-8-21-14)10-13-5-2-3-7-16(13)19/h2-8,12,15,19H,9-11H2,1H3. The van der Waals surface area contributed by atoms with Gasteiger partial charge >= 0.3 is 0 Å². The van der Waals surface area contributed by atoms with E-state index in [9.17, 15) is 9.90 Å². The minimum Gasteiger partial charge on any atom is -0.508 e. The zero-order chi connectivity index (χ0) is 14.8. The van der Waals surface area contributed by atoms with Crippen LogP contribution in [0.5, 0.6) is 5.75 Å². The van der Waals surface area contributed by atoms with Crippen LogP contribution in [0.2, 0.25) is 0 Å². The van der Waals surface area contributed by atoms with E-state index in [0.29, 0.717) is 19.0 Å². The molecular formula is C17H19NO3. The molecule has 1 aliphatic carbocycles. The third-order valence-electron chi connectivity index (χ3n) is 4.02. The highest BCUT2D eigenvalue weighted by Crippen LogP contribution is 2.40. The lowest BCUT2D eigenvalue weighted by atomic mass is 10.1. The molecule has 1 fully saturated rings. The van der Waals surface area contributed by atoms with Gasteiger partial charge in [0.05, 0.1) is 12.8 Å². The van der Waals surface area contributed by atoms with Crippen LogP contribution in [0.4, 0.5) is 0 Å². The van der Waals surface area contributed by atoms with Gasteiger partial charge in [-0.3, -0.25) is 4.79 Å². The SMILES string of the molecule is CC1CC1C(=O)N(Cc1ccco1)Cc1ccccc1O. The van der Waals surface area contributed by atoms with E-state index in [-0.39, 0.29) is 17.6 Å². The highest BCUT2D eigenvalue weighted by molar-refractivity contribution is 5.81. The summed E-state index contributed by atoms with van der Waals surface area (Å²) >= 11 is 0. The Morgan fingerprint density at radius 1 is 1.29 bits per heavy atom. The molecule has 1 aliphatic rings. The van der Waals surface area contributed by atoms with E-state index in [1.54, 1.807) is 23.3 Å². The van der Waals surface area contributed by atoms with Gasteiger partial charge in [0.15, 0.2) is 0 Å². The van der Waals surface area contributed by atoms with Crippen LogP contribution in [0.15, 0.2) is 47.1 Å². The van der Waals surface area contributed by atoms with E-state index in [4.69, 9.17) is 4.42 Å². The van der Waals surface area contributed by atoms with Crippen molar-refractivity contribution in [3.05, 3.63) is 54.0 Å². The van der Waals surface area contributed by atoms with Crippen molar-refractivity contribution in [2.75, 3.05) is 0 Å². The normalized spacial score (nSPS) is 20.2. The number of carbonyl (C=O) groups excluding carboxylic acids is 1. The number of phenols is 1. The Hall–Kier alpha value is -2.23. The second-order valence-corrected chi connectivity index (χ2v) is 5.72. The maximum atomic E-state index is 12.6. The molecular weight excluding hydrogens is 266 g/mol. The monoisotopic (exact) mass is 285 g/mol. The van der Waals surface area contributed by atoms with Crippen molar-refractivity contribution in [3.8, 4) is 5.75 Å². The van der Waals surface area contributed by atoms with E-state index in [2.05, 4.69) is 6.92 Å². The van der Waals surface area contributed by atoms with Crippen LogP contribution < -0.4 is 0 Å². The maximum absolute atomic E-state index is 12.6. The molecule has 4 heteroatoms. The number of aromatic hydroxyl groups is 1. The molecule has 0 bridgehead atoms.